The molecule has 6 nitrogen and oxygen atoms in total. The Kier molecular flexibility index (Phi) is 6.25. The molecule has 3 fully saturated rings. The number of benzene rings is 2. The van der Waals surface area contributed by atoms with Crippen LogP contribution in [-0.2, 0) is 16.5 Å². The molecule has 33 heavy (non-hydrogen) atoms. The van der Waals surface area contributed by atoms with Gasteiger partial charge in [0.2, 0.25) is 0 Å². The van der Waals surface area contributed by atoms with Crippen molar-refractivity contribution in [3.05, 3.63) is 64.2 Å². The molecule has 2 aromatic carbocycles. The Morgan fingerprint density at radius 3 is 2.36 bits per heavy atom. The standard InChI is InChI=1S/C19H24N2O.C6H5ClO3S/c22-19-16-6-2-4-14-3-1-5-15(18(14)16)11-21(19)17-12-20-9-7-13(17)8-10-20;7-5-3-1-2-4-6(5)11(8,9)10/h2,4,6,13,15,17H,1,3,5,7-12H2;1-4H,(H,8,9,10)/t15-,17-;/m1./s1. The van der Waals surface area contributed by atoms with Gasteiger partial charge in [-0.25, -0.2) is 0 Å². The van der Waals surface area contributed by atoms with Crippen LogP contribution >= 0.6 is 11.6 Å². The summed E-state index contributed by atoms with van der Waals surface area (Å²) in [5, 5.41) is 0.0231. The summed E-state index contributed by atoms with van der Waals surface area (Å²) in [6.07, 6.45) is 6.27. The van der Waals surface area contributed by atoms with Gasteiger partial charge in [0.15, 0.2) is 0 Å². The van der Waals surface area contributed by atoms with Crippen molar-refractivity contribution in [2.75, 3.05) is 26.2 Å². The van der Waals surface area contributed by atoms with E-state index in [0.29, 0.717) is 17.9 Å². The minimum Gasteiger partial charge on any atom is -0.333 e. The highest BCUT2D eigenvalue weighted by Gasteiger charge is 2.43. The zero-order valence-electron chi connectivity index (χ0n) is 18.5. The minimum absolute atomic E-state index is 0.0231. The summed E-state index contributed by atoms with van der Waals surface area (Å²) >= 11 is 5.47. The van der Waals surface area contributed by atoms with Gasteiger partial charge >= 0.3 is 0 Å². The number of rotatable bonds is 2. The number of aryl methyl sites for hydroxylation is 1. The normalized spacial score (nSPS) is 28.1. The second kappa shape index (κ2) is 9.02. The Labute approximate surface area is 200 Å². The third-order valence-corrected chi connectivity index (χ3v) is 9.00. The number of nitrogens with zero attached hydrogens (tertiary/aromatic N) is 2. The van der Waals surface area contributed by atoms with Gasteiger partial charge in [0.05, 0.1) is 5.02 Å². The number of carbonyl (C=O) groups excluding carboxylic acids is 1. The number of carbonyl (C=O) groups is 1. The second-order valence-corrected chi connectivity index (χ2v) is 11.3. The number of hydrogen-bond acceptors (Lipinski definition) is 4. The van der Waals surface area contributed by atoms with Crippen molar-refractivity contribution in [1.29, 1.82) is 0 Å². The molecule has 0 unspecified atom stereocenters. The predicted octanol–water partition coefficient (Wildman–Crippen LogP) is 4.24. The van der Waals surface area contributed by atoms with Crippen LogP contribution in [0.1, 0.15) is 53.1 Å². The number of piperidine rings is 3. The summed E-state index contributed by atoms with van der Waals surface area (Å²) in [5.74, 6) is 1.64. The van der Waals surface area contributed by atoms with Gasteiger partial charge in [-0.05, 0) is 80.4 Å². The zero-order chi connectivity index (χ0) is 23.2. The molecule has 0 saturated carbocycles. The van der Waals surface area contributed by atoms with Crippen LogP contribution in [0.5, 0.6) is 0 Å². The van der Waals surface area contributed by atoms with Gasteiger partial charge < -0.3 is 9.80 Å². The third kappa shape index (κ3) is 4.44. The lowest BCUT2D eigenvalue weighted by molar-refractivity contribution is 0.00258. The van der Waals surface area contributed by atoms with E-state index >= 15 is 0 Å². The SMILES string of the molecule is O=C1c2cccc3c2[C@H](CCC3)CN1[C@@H]1CN2CCC1CC2.O=S(=O)(O)c1ccccc1Cl. The Morgan fingerprint density at radius 1 is 0.970 bits per heavy atom. The molecule has 4 aliphatic heterocycles. The van der Waals surface area contributed by atoms with Crippen LogP contribution in [0.3, 0.4) is 0 Å². The highest BCUT2D eigenvalue weighted by atomic mass is 35.5. The lowest BCUT2D eigenvalue weighted by Gasteiger charge is -2.51. The van der Waals surface area contributed by atoms with E-state index in [9.17, 15) is 13.2 Å². The average Bonchev–Trinajstić information content (AvgIpc) is 2.82. The fourth-order valence-corrected chi connectivity index (χ4v) is 7.06. The maximum absolute atomic E-state index is 13.1. The molecule has 0 radical (unpaired) electrons. The smallest absolute Gasteiger partial charge is 0.296 e. The molecule has 1 N–H and O–H groups in total. The van der Waals surface area contributed by atoms with Crippen molar-refractivity contribution in [3.63, 3.8) is 0 Å². The second-order valence-electron chi connectivity index (χ2n) is 9.54. The van der Waals surface area contributed by atoms with Gasteiger partial charge in [0, 0.05) is 30.6 Å². The summed E-state index contributed by atoms with van der Waals surface area (Å²) in [7, 11) is -4.17. The molecule has 3 saturated heterocycles. The first-order valence-electron chi connectivity index (χ1n) is 11.7. The third-order valence-electron chi connectivity index (χ3n) is 7.65. The topological polar surface area (TPSA) is 77.9 Å². The van der Waals surface area contributed by atoms with Gasteiger partial charge in [0.1, 0.15) is 4.90 Å². The summed E-state index contributed by atoms with van der Waals surface area (Å²) < 4.78 is 29.6. The van der Waals surface area contributed by atoms with Crippen molar-refractivity contribution in [3.8, 4) is 0 Å². The zero-order valence-corrected chi connectivity index (χ0v) is 20.1. The maximum Gasteiger partial charge on any atom is 0.296 e. The first-order chi connectivity index (χ1) is 15.8. The molecule has 176 valence electrons. The number of halogens is 1. The maximum atomic E-state index is 13.1. The van der Waals surface area contributed by atoms with Crippen molar-refractivity contribution < 1.29 is 17.8 Å². The molecular formula is C25H29ClN2O4S. The molecule has 1 aliphatic carbocycles. The van der Waals surface area contributed by atoms with Crippen LogP contribution in [0.2, 0.25) is 5.02 Å². The summed E-state index contributed by atoms with van der Waals surface area (Å²) in [4.78, 5) is 17.7. The van der Waals surface area contributed by atoms with E-state index in [1.165, 1.54) is 68.1 Å². The van der Waals surface area contributed by atoms with Crippen LogP contribution in [0, 0.1) is 5.92 Å². The van der Waals surface area contributed by atoms with Gasteiger partial charge in [0.25, 0.3) is 16.0 Å². The van der Waals surface area contributed by atoms with Crippen LogP contribution in [0.15, 0.2) is 47.4 Å². The van der Waals surface area contributed by atoms with Gasteiger partial charge in [-0.1, -0.05) is 35.9 Å². The van der Waals surface area contributed by atoms with Crippen molar-refractivity contribution in [2.45, 2.75) is 49.0 Å². The van der Waals surface area contributed by atoms with Crippen molar-refractivity contribution in [1.82, 2.24) is 9.80 Å². The quantitative estimate of drug-likeness (QED) is 0.639. The van der Waals surface area contributed by atoms with Gasteiger partial charge in [-0.3, -0.25) is 9.35 Å². The minimum atomic E-state index is -4.17. The Hall–Kier alpha value is -1.93. The number of fused-ring (bicyclic) bond motifs is 3. The van der Waals surface area contributed by atoms with E-state index in [1.54, 1.807) is 6.07 Å². The molecule has 2 bridgehead atoms. The largest absolute Gasteiger partial charge is 0.333 e. The summed E-state index contributed by atoms with van der Waals surface area (Å²) in [5.41, 5.74) is 3.86. The first-order valence-corrected chi connectivity index (χ1v) is 13.5. The predicted molar refractivity (Wildman–Crippen MR) is 127 cm³/mol. The van der Waals surface area contributed by atoms with E-state index in [4.69, 9.17) is 16.2 Å². The molecule has 8 heteroatoms. The fourth-order valence-electron chi connectivity index (χ4n) is 6.07. The van der Waals surface area contributed by atoms with Crippen molar-refractivity contribution in [2.24, 2.45) is 5.92 Å². The Balaban J connectivity index is 0.000000177. The van der Waals surface area contributed by atoms with E-state index in [2.05, 4.69) is 28.0 Å². The highest BCUT2D eigenvalue weighted by molar-refractivity contribution is 7.86. The summed E-state index contributed by atoms with van der Waals surface area (Å²) in [6, 6.07) is 12.6. The Bertz CT molecular complexity index is 1160. The molecule has 2 atom stereocenters. The van der Waals surface area contributed by atoms with Crippen molar-refractivity contribution >= 4 is 27.6 Å². The van der Waals surface area contributed by atoms with Gasteiger partial charge in [-0.15, -0.1) is 0 Å². The van der Waals surface area contributed by atoms with E-state index in [-0.39, 0.29) is 9.92 Å². The molecular weight excluding hydrogens is 460 g/mol. The number of hydrogen-bond donors (Lipinski definition) is 1. The molecule has 7 rings (SSSR count). The summed E-state index contributed by atoms with van der Waals surface area (Å²) in [6.45, 7) is 4.57. The molecule has 0 aromatic heterocycles. The molecule has 4 heterocycles. The van der Waals surface area contributed by atoms with E-state index in [0.717, 1.165) is 31.0 Å². The first kappa shape index (κ1) is 22.8. The van der Waals surface area contributed by atoms with E-state index in [1.807, 2.05) is 0 Å². The van der Waals surface area contributed by atoms with Crippen LogP contribution in [-0.4, -0.2) is 60.9 Å². The van der Waals surface area contributed by atoms with Crippen LogP contribution < -0.4 is 0 Å². The fraction of sp³-hybridized carbons (Fsp3) is 0.480. The molecule has 2 aromatic rings. The lowest BCUT2D eigenvalue weighted by Crippen LogP contribution is -2.60. The monoisotopic (exact) mass is 488 g/mol. The Morgan fingerprint density at radius 2 is 1.73 bits per heavy atom. The molecule has 1 amide bonds. The van der Waals surface area contributed by atoms with Crippen LogP contribution in [0.25, 0.3) is 0 Å². The highest BCUT2D eigenvalue weighted by Crippen LogP contribution is 2.41. The average molecular weight is 489 g/mol. The molecule has 0 spiro atoms. The molecule has 5 aliphatic rings. The lowest BCUT2D eigenvalue weighted by atomic mass is 9.75. The van der Waals surface area contributed by atoms with Crippen LogP contribution in [0.4, 0.5) is 0 Å². The van der Waals surface area contributed by atoms with Gasteiger partial charge in [-0.2, -0.15) is 8.42 Å². The number of amides is 1. The van der Waals surface area contributed by atoms with E-state index < -0.39 is 10.1 Å².